The minimum absolute atomic E-state index is 0.0942. The molecular weight excluding hydrogens is 440 g/mol. The van der Waals surface area contributed by atoms with E-state index in [9.17, 15) is 4.79 Å². The first-order chi connectivity index (χ1) is 16.6. The van der Waals surface area contributed by atoms with Crippen LogP contribution < -0.4 is 9.62 Å². The number of aliphatic imine (C=N–C) groups is 1. The number of fused-ring (bicyclic) bond motifs is 1. The molecule has 5 nitrogen and oxygen atoms in total. The molecule has 0 unspecified atom stereocenters. The number of benzene rings is 2. The van der Waals surface area contributed by atoms with Gasteiger partial charge in [-0.2, -0.15) is 0 Å². The molecule has 1 N–H and O–H groups in total. The van der Waals surface area contributed by atoms with Gasteiger partial charge in [0.15, 0.2) is 0 Å². The highest BCUT2D eigenvalue weighted by Crippen LogP contribution is 2.27. The summed E-state index contributed by atoms with van der Waals surface area (Å²) in [5.41, 5.74) is 3.78. The molecule has 0 aliphatic carbocycles. The fourth-order valence-corrected chi connectivity index (χ4v) is 4.45. The van der Waals surface area contributed by atoms with Gasteiger partial charge in [-0.25, -0.2) is 0 Å². The first kappa shape index (κ1) is 25.2. The third-order valence-corrected chi connectivity index (χ3v) is 6.58. The lowest BCUT2D eigenvalue weighted by atomic mass is 10.1. The number of hydrogen-bond acceptors (Lipinski definition) is 5. The second-order valence-electron chi connectivity index (χ2n) is 7.93. The summed E-state index contributed by atoms with van der Waals surface area (Å²) >= 11 is 1.88. The van der Waals surface area contributed by atoms with Crippen LogP contribution in [0.15, 0.2) is 90.3 Å². The molecule has 1 amide bonds. The Hall–Kier alpha value is -3.38. The van der Waals surface area contributed by atoms with Crippen LogP contribution in [0.4, 0.5) is 11.4 Å². The van der Waals surface area contributed by atoms with Crippen LogP contribution in [-0.4, -0.2) is 29.4 Å². The topological polar surface area (TPSA) is 57.6 Å². The molecular formula is C28H32N4OS. The van der Waals surface area contributed by atoms with Crippen LogP contribution in [0.5, 0.6) is 0 Å². The summed E-state index contributed by atoms with van der Waals surface area (Å²) in [4.78, 5) is 20.5. The van der Waals surface area contributed by atoms with Gasteiger partial charge in [-0.3, -0.25) is 14.8 Å². The van der Waals surface area contributed by atoms with Gasteiger partial charge >= 0.3 is 0 Å². The second-order valence-corrected chi connectivity index (χ2v) is 9.04. The number of carbonyl (C=O) groups is 1. The molecule has 0 spiro atoms. The average Bonchev–Trinajstić information content (AvgIpc) is 3.17. The van der Waals surface area contributed by atoms with E-state index in [2.05, 4.69) is 26.2 Å². The molecule has 2 aromatic carbocycles. The zero-order valence-electron chi connectivity index (χ0n) is 19.9. The monoisotopic (exact) mass is 472 g/mol. The Morgan fingerprint density at radius 1 is 1.12 bits per heavy atom. The number of rotatable bonds is 5. The zero-order chi connectivity index (χ0) is 24.2. The third kappa shape index (κ3) is 7.59. The van der Waals surface area contributed by atoms with Crippen molar-refractivity contribution in [3.63, 3.8) is 0 Å². The van der Waals surface area contributed by atoms with Crippen molar-refractivity contribution < 1.29 is 4.79 Å². The van der Waals surface area contributed by atoms with Crippen LogP contribution in [0.3, 0.4) is 0 Å². The Bertz CT molecular complexity index is 1150. The molecule has 0 bridgehead atoms. The molecule has 34 heavy (non-hydrogen) atoms. The van der Waals surface area contributed by atoms with Crippen molar-refractivity contribution >= 4 is 46.2 Å². The summed E-state index contributed by atoms with van der Waals surface area (Å²) in [7, 11) is 0. The molecule has 0 saturated carbocycles. The number of nitrogens with one attached hydrogen (secondary N) is 1. The molecule has 0 radical (unpaired) electrons. The predicted molar refractivity (Wildman–Crippen MR) is 148 cm³/mol. The summed E-state index contributed by atoms with van der Waals surface area (Å²) < 4.78 is 2.34. The highest BCUT2D eigenvalue weighted by Gasteiger charge is 2.12. The van der Waals surface area contributed by atoms with Gasteiger partial charge in [0.05, 0.1) is 0 Å². The van der Waals surface area contributed by atoms with Gasteiger partial charge in [-0.1, -0.05) is 25.1 Å². The Labute approximate surface area is 206 Å². The van der Waals surface area contributed by atoms with E-state index in [1.807, 2.05) is 80.4 Å². The first-order valence-corrected chi connectivity index (χ1v) is 12.5. The Balaban J connectivity index is 0.000000350. The highest BCUT2D eigenvalue weighted by molar-refractivity contribution is 8.00. The van der Waals surface area contributed by atoms with E-state index < -0.39 is 0 Å². The fraction of sp³-hybridized carbons (Fsp3) is 0.250. The van der Waals surface area contributed by atoms with Crippen molar-refractivity contribution in [2.24, 2.45) is 4.99 Å². The summed E-state index contributed by atoms with van der Waals surface area (Å²) in [6, 6.07) is 15.7. The van der Waals surface area contributed by atoms with Gasteiger partial charge in [-0.05, 0) is 92.1 Å². The molecule has 1 saturated heterocycles. The zero-order valence-corrected chi connectivity index (χ0v) is 20.7. The van der Waals surface area contributed by atoms with Gasteiger partial charge in [0.2, 0.25) is 0 Å². The summed E-state index contributed by atoms with van der Waals surface area (Å²) in [5, 5.41) is 5.10. The largest absolute Gasteiger partial charge is 0.322 e. The van der Waals surface area contributed by atoms with Crippen molar-refractivity contribution in [1.29, 1.82) is 0 Å². The van der Waals surface area contributed by atoms with Gasteiger partial charge < -0.3 is 9.62 Å². The standard InChI is InChI=1S/C21H21N3OS.C7H11N/c25-21(23-19-7-4-16-10-11-22-15-18(16)14-19)17-5-8-20(9-6-17)24-12-2-1-3-13-26-24;1-4-7(3)6-8-5-2/h4-11,14-15H,1-3,12-13H2,(H,23,25);4-6H,2H2,1,3H3/b;7-4+,8-6?. The number of aromatic nitrogens is 1. The second kappa shape index (κ2) is 13.4. The number of allylic oxidation sites excluding steroid dienone is 2. The van der Waals surface area contributed by atoms with Crippen LogP contribution >= 0.6 is 11.9 Å². The van der Waals surface area contributed by atoms with Crippen LogP contribution in [0.1, 0.15) is 43.5 Å². The van der Waals surface area contributed by atoms with Crippen LogP contribution in [0.25, 0.3) is 10.8 Å². The number of pyridine rings is 1. The smallest absolute Gasteiger partial charge is 0.255 e. The average molecular weight is 473 g/mol. The van der Waals surface area contributed by atoms with Gasteiger partial charge in [0.25, 0.3) is 5.91 Å². The molecule has 2 heterocycles. The molecule has 0 atom stereocenters. The maximum atomic E-state index is 12.5. The lowest BCUT2D eigenvalue weighted by Gasteiger charge is -2.21. The summed E-state index contributed by atoms with van der Waals surface area (Å²) in [5.74, 6) is 1.07. The predicted octanol–water partition coefficient (Wildman–Crippen LogP) is 7.29. The molecule has 176 valence electrons. The third-order valence-electron chi connectivity index (χ3n) is 5.41. The fourth-order valence-electron chi connectivity index (χ4n) is 3.37. The van der Waals surface area contributed by atoms with Gasteiger partial charge in [-0.15, -0.1) is 0 Å². The first-order valence-electron chi connectivity index (χ1n) is 11.5. The van der Waals surface area contributed by atoms with Crippen LogP contribution in [0, 0.1) is 0 Å². The molecule has 1 fully saturated rings. The van der Waals surface area contributed by atoms with Crippen LogP contribution in [-0.2, 0) is 0 Å². The van der Waals surface area contributed by atoms with E-state index in [0.717, 1.165) is 28.6 Å². The maximum absolute atomic E-state index is 12.5. The minimum atomic E-state index is -0.0942. The number of nitrogens with zero attached hydrogens (tertiary/aromatic N) is 3. The summed E-state index contributed by atoms with van der Waals surface area (Å²) in [6.45, 7) is 8.48. The van der Waals surface area contributed by atoms with Crippen molar-refractivity contribution in [1.82, 2.24) is 4.98 Å². The summed E-state index contributed by atoms with van der Waals surface area (Å²) in [6.07, 6.45) is 12.7. The van der Waals surface area contributed by atoms with Crippen LogP contribution in [0.2, 0.25) is 0 Å². The molecule has 3 aromatic rings. The molecule has 1 aliphatic heterocycles. The van der Waals surface area contributed by atoms with E-state index >= 15 is 0 Å². The molecule has 1 aromatic heterocycles. The Kier molecular flexibility index (Phi) is 9.92. The lowest BCUT2D eigenvalue weighted by Crippen LogP contribution is -2.15. The Morgan fingerprint density at radius 2 is 1.94 bits per heavy atom. The van der Waals surface area contributed by atoms with Gasteiger partial charge in [0.1, 0.15) is 0 Å². The lowest BCUT2D eigenvalue weighted by molar-refractivity contribution is 0.102. The maximum Gasteiger partial charge on any atom is 0.255 e. The quantitative estimate of drug-likeness (QED) is 0.313. The minimum Gasteiger partial charge on any atom is -0.322 e. The van der Waals surface area contributed by atoms with Crippen molar-refractivity contribution in [2.45, 2.75) is 33.1 Å². The number of carbonyl (C=O) groups excluding carboxylic acids is 1. The highest BCUT2D eigenvalue weighted by atomic mass is 32.2. The SMILES string of the molecule is C=CN=C/C(C)=C/C.O=C(Nc1ccc2ccncc2c1)c1ccc(N2CCCCCS2)cc1. The van der Waals surface area contributed by atoms with Crippen molar-refractivity contribution in [2.75, 3.05) is 21.9 Å². The Morgan fingerprint density at radius 3 is 2.71 bits per heavy atom. The number of hydrogen-bond donors (Lipinski definition) is 1. The molecule has 1 aliphatic rings. The number of anilines is 2. The van der Waals surface area contributed by atoms with E-state index in [0.29, 0.717) is 5.56 Å². The molecule has 4 rings (SSSR count). The van der Waals surface area contributed by atoms with E-state index in [-0.39, 0.29) is 5.91 Å². The van der Waals surface area contributed by atoms with Crippen molar-refractivity contribution in [3.05, 3.63) is 90.9 Å². The van der Waals surface area contributed by atoms with E-state index in [4.69, 9.17) is 0 Å². The van der Waals surface area contributed by atoms with Gasteiger partial charge in [0, 0.05) is 59.4 Å². The normalized spacial score (nSPS) is 14.3. The molecule has 6 heteroatoms. The van der Waals surface area contributed by atoms with E-state index in [1.165, 1.54) is 36.9 Å². The number of amides is 1. The van der Waals surface area contributed by atoms with Crippen molar-refractivity contribution in [3.8, 4) is 0 Å². The van der Waals surface area contributed by atoms with E-state index in [1.54, 1.807) is 18.6 Å².